The lowest BCUT2D eigenvalue weighted by Crippen LogP contribution is -2.13. The lowest BCUT2D eigenvalue weighted by atomic mass is 10.2. The van der Waals surface area contributed by atoms with Crippen LogP contribution in [-0.2, 0) is 11.2 Å². The first-order chi connectivity index (χ1) is 8.25. The highest BCUT2D eigenvalue weighted by molar-refractivity contribution is 7.07. The molecule has 0 aliphatic heterocycles. The van der Waals surface area contributed by atoms with E-state index in [0.717, 1.165) is 17.7 Å². The van der Waals surface area contributed by atoms with Gasteiger partial charge in [-0.05, 0) is 47.4 Å². The number of thiophene rings is 1. The predicted octanol–water partition coefficient (Wildman–Crippen LogP) is 3.02. The minimum absolute atomic E-state index is 0.0468. The number of aromatic nitrogens is 1. The summed E-state index contributed by atoms with van der Waals surface area (Å²) in [6.45, 7) is 1.93. The topological polar surface area (TPSA) is 42.0 Å². The maximum Gasteiger partial charge on any atom is 0.224 e. The Balaban J connectivity index is 1.87. The maximum atomic E-state index is 11.7. The van der Waals surface area contributed by atoms with Gasteiger partial charge >= 0.3 is 0 Å². The average Bonchev–Trinajstić information content (AvgIpc) is 2.82. The first-order valence-corrected chi connectivity index (χ1v) is 6.41. The first-order valence-electron chi connectivity index (χ1n) is 5.47. The van der Waals surface area contributed by atoms with E-state index < -0.39 is 0 Å². The molecular weight excluding hydrogens is 232 g/mol. The molecule has 0 bridgehead atoms. The van der Waals surface area contributed by atoms with Crippen LogP contribution in [0.2, 0.25) is 0 Å². The van der Waals surface area contributed by atoms with E-state index in [4.69, 9.17) is 0 Å². The predicted molar refractivity (Wildman–Crippen MR) is 70.2 cm³/mol. The van der Waals surface area contributed by atoms with Crippen LogP contribution in [0.3, 0.4) is 0 Å². The second-order valence-electron chi connectivity index (χ2n) is 3.87. The van der Waals surface area contributed by atoms with Crippen LogP contribution in [0.4, 0.5) is 5.69 Å². The van der Waals surface area contributed by atoms with Crippen molar-refractivity contribution in [2.75, 3.05) is 5.32 Å². The van der Waals surface area contributed by atoms with Crippen molar-refractivity contribution in [2.45, 2.75) is 19.8 Å². The van der Waals surface area contributed by atoms with Gasteiger partial charge in [-0.1, -0.05) is 0 Å². The third-order valence-corrected chi connectivity index (χ3v) is 3.25. The fraction of sp³-hybridized carbons (Fsp3) is 0.231. The quantitative estimate of drug-likeness (QED) is 0.901. The minimum atomic E-state index is 0.0468. The smallest absolute Gasteiger partial charge is 0.224 e. The van der Waals surface area contributed by atoms with E-state index in [1.54, 1.807) is 23.7 Å². The molecule has 0 atom stereocenters. The van der Waals surface area contributed by atoms with Crippen LogP contribution in [0.5, 0.6) is 0 Å². The summed E-state index contributed by atoms with van der Waals surface area (Å²) < 4.78 is 0. The Kier molecular flexibility index (Phi) is 3.88. The van der Waals surface area contributed by atoms with Crippen molar-refractivity contribution in [3.8, 4) is 0 Å². The molecule has 17 heavy (non-hydrogen) atoms. The normalized spacial score (nSPS) is 10.2. The molecule has 4 heteroatoms. The van der Waals surface area contributed by atoms with Gasteiger partial charge in [0.1, 0.15) is 0 Å². The molecule has 2 aromatic heterocycles. The van der Waals surface area contributed by atoms with Crippen molar-refractivity contribution >= 4 is 22.9 Å². The number of hydrogen-bond acceptors (Lipinski definition) is 3. The Morgan fingerprint density at radius 1 is 1.47 bits per heavy atom. The first kappa shape index (κ1) is 11.8. The van der Waals surface area contributed by atoms with Crippen LogP contribution in [0.15, 0.2) is 35.3 Å². The number of hydrogen-bond donors (Lipinski definition) is 1. The summed E-state index contributed by atoms with van der Waals surface area (Å²) in [6, 6.07) is 3.87. The summed E-state index contributed by atoms with van der Waals surface area (Å²) in [6.07, 6.45) is 4.73. The molecule has 2 rings (SSSR count). The minimum Gasteiger partial charge on any atom is -0.326 e. The third-order valence-electron chi connectivity index (χ3n) is 2.52. The van der Waals surface area contributed by atoms with E-state index in [1.165, 1.54) is 5.56 Å². The molecule has 0 unspecified atom stereocenters. The summed E-state index contributed by atoms with van der Waals surface area (Å²) in [7, 11) is 0. The number of carbonyl (C=O) groups excluding carboxylic acids is 1. The van der Waals surface area contributed by atoms with Gasteiger partial charge in [-0.15, -0.1) is 0 Å². The summed E-state index contributed by atoms with van der Waals surface area (Å²) >= 11 is 1.66. The number of anilines is 1. The molecule has 1 amide bonds. The van der Waals surface area contributed by atoms with Crippen molar-refractivity contribution < 1.29 is 4.79 Å². The van der Waals surface area contributed by atoms with Gasteiger partial charge in [0.25, 0.3) is 0 Å². The highest BCUT2D eigenvalue weighted by Gasteiger charge is 2.05. The second kappa shape index (κ2) is 5.59. The number of rotatable bonds is 4. The Bertz CT molecular complexity index is 494. The maximum absolute atomic E-state index is 11.7. The standard InChI is InChI=1S/C13H14N2OS/c1-10-8-14-6-4-12(10)15-13(16)3-2-11-5-7-17-9-11/h4-9H,2-3H2,1H3,(H,14,15,16). The Morgan fingerprint density at radius 2 is 2.35 bits per heavy atom. The van der Waals surface area contributed by atoms with Crippen LogP contribution >= 0.6 is 11.3 Å². The third kappa shape index (κ3) is 3.39. The molecule has 2 heterocycles. The molecule has 0 aliphatic carbocycles. The fourth-order valence-corrected chi connectivity index (χ4v) is 2.22. The Hall–Kier alpha value is -1.68. The van der Waals surface area contributed by atoms with Crippen LogP contribution in [0, 0.1) is 6.92 Å². The van der Waals surface area contributed by atoms with E-state index in [0.29, 0.717) is 6.42 Å². The zero-order valence-corrected chi connectivity index (χ0v) is 10.5. The van der Waals surface area contributed by atoms with Crippen LogP contribution < -0.4 is 5.32 Å². The van der Waals surface area contributed by atoms with Gasteiger partial charge in [0, 0.05) is 24.5 Å². The number of aryl methyl sites for hydroxylation is 2. The molecule has 0 radical (unpaired) electrons. The van der Waals surface area contributed by atoms with E-state index in [-0.39, 0.29) is 5.91 Å². The molecule has 0 saturated heterocycles. The van der Waals surface area contributed by atoms with Crippen molar-refractivity contribution in [1.82, 2.24) is 4.98 Å². The van der Waals surface area contributed by atoms with Gasteiger partial charge in [0.05, 0.1) is 0 Å². The zero-order chi connectivity index (χ0) is 12.1. The van der Waals surface area contributed by atoms with Gasteiger partial charge in [-0.3, -0.25) is 9.78 Å². The van der Waals surface area contributed by atoms with Crippen molar-refractivity contribution in [2.24, 2.45) is 0 Å². The Morgan fingerprint density at radius 3 is 3.06 bits per heavy atom. The fourth-order valence-electron chi connectivity index (χ4n) is 1.52. The van der Waals surface area contributed by atoms with Crippen LogP contribution in [-0.4, -0.2) is 10.9 Å². The monoisotopic (exact) mass is 246 g/mol. The summed E-state index contributed by atoms with van der Waals surface area (Å²) in [5.74, 6) is 0.0468. The van der Waals surface area contributed by atoms with Gasteiger partial charge in [0.15, 0.2) is 0 Å². The molecule has 0 spiro atoms. The van der Waals surface area contributed by atoms with E-state index in [9.17, 15) is 4.79 Å². The van der Waals surface area contributed by atoms with Crippen LogP contribution in [0.1, 0.15) is 17.5 Å². The van der Waals surface area contributed by atoms with Crippen molar-refractivity contribution in [3.63, 3.8) is 0 Å². The van der Waals surface area contributed by atoms with Gasteiger partial charge in [0.2, 0.25) is 5.91 Å². The van der Waals surface area contributed by atoms with Gasteiger partial charge in [-0.2, -0.15) is 11.3 Å². The molecule has 1 N–H and O–H groups in total. The molecular formula is C13H14N2OS. The molecule has 2 aromatic rings. The van der Waals surface area contributed by atoms with Crippen molar-refractivity contribution in [3.05, 3.63) is 46.4 Å². The molecule has 0 aromatic carbocycles. The lowest BCUT2D eigenvalue weighted by Gasteiger charge is -2.06. The largest absolute Gasteiger partial charge is 0.326 e. The molecule has 88 valence electrons. The average molecular weight is 246 g/mol. The molecule has 3 nitrogen and oxygen atoms in total. The SMILES string of the molecule is Cc1cnccc1NC(=O)CCc1ccsc1. The van der Waals surface area contributed by atoms with E-state index in [1.807, 2.05) is 18.4 Å². The van der Waals surface area contributed by atoms with E-state index in [2.05, 4.69) is 21.7 Å². The zero-order valence-electron chi connectivity index (χ0n) is 9.64. The summed E-state index contributed by atoms with van der Waals surface area (Å²) in [5, 5.41) is 7.00. The molecule has 0 aliphatic rings. The lowest BCUT2D eigenvalue weighted by molar-refractivity contribution is -0.116. The second-order valence-corrected chi connectivity index (χ2v) is 4.65. The highest BCUT2D eigenvalue weighted by Crippen LogP contribution is 2.13. The van der Waals surface area contributed by atoms with Crippen molar-refractivity contribution in [1.29, 1.82) is 0 Å². The van der Waals surface area contributed by atoms with Gasteiger partial charge in [-0.25, -0.2) is 0 Å². The number of amides is 1. The Labute approximate surface area is 105 Å². The van der Waals surface area contributed by atoms with Crippen LogP contribution in [0.25, 0.3) is 0 Å². The summed E-state index contributed by atoms with van der Waals surface area (Å²) in [4.78, 5) is 15.7. The molecule has 0 fully saturated rings. The van der Waals surface area contributed by atoms with E-state index >= 15 is 0 Å². The number of nitrogens with one attached hydrogen (secondary N) is 1. The van der Waals surface area contributed by atoms with Gasteiger partial charge < -0.3 is 5.32 Å². The summed E-state index contributed by atoms with van der Waals surface area (Å²) in [5.41, 5.74) is 3.04. The number of carbonyl (C=O) groups is 1. The highest BCUT2D eigenvalue weighted by atomic mass is 32.1. The number of nitrogens with zero attached hydrogens (tertiary/aromatic N) is 1. The number of pyridine rings is 1. The molecule has 0 saturated carbocycles.